The van der Waals surface area contributed by atoms with E-state index in [4.69, 9.17) is 4.52 Å². The number of hydrogen-bond donors (Lipinski definition) is 2. The lowest BCUT2D eigenvalue weighted by molar-refractivity contribution is 0.0666. The molecule has 4 rings (SSSR count). The van der Waals surface area contributed by atoms with Crippen molar-refractivity contribution in [2.24, 2.45) is 5.92 Å². The van der Waals surface area contributed by atoms with Crippen molar-refractivity contribution in [2.75, 3.05) is 0 Å². The van der Waals surface area contributed by atoms with Gasteiger partial charge in [-0.2, -0.15) is 0 Å². The van der Waals surface area contributed by atoms with Crippen LogP contribution in [0, 0.1) is 17.8 Å². The Morgan fingerprint density at radius 2 is 2.07 bits per heavy atom. The van der Waals surface area contributed by atoms with Gasteiger partial charge in [-0.25, -0.2) is 4.98 Å². The molecule has 1 fully saturated rings. The second-order valence-electron chi connectivity index (χ2n) is 6.94. The minimum absolute atomic E-state index is 0.175. The molecule has 0 saturated heterocycles. The van der Waals surface area contributed by atoms with Crippen molar-refractivity contribution in [1.29, 1.82) is 0 Å². The smallest absolute Gasteiger partial charge is 0.167 e. The molecule has 0 unspecified atom stereocenters. The molecule has 0 aliphatic heterocycles. The monoisotopic (exact) mass is 363 g/mol. The molecular weight excluding hydrogens is 342 g/mol. The van der Waals surface area contributed by atoms with Crippen molar-refractivity contribution in [2.45, 2.75) is 38.5 Å². The van der Waals surface area contributed by atoms with E-state index in [0.29, 0.717) is 24.0 Å². The fourth-order valence-electron chi connectivity index (χ4n) is 3.13. The number of imidazole rings is 1. The maximum atomic E-state index is 9.74. The van der Waals surface area contributed by atoms with Crippen molar-refractivity contribution in [3.8, 4) is 23.2 Å². The molecule has 0 bridgehead atoms. The van der Waals surface area contributed by atoms with Gasteiger partial charge in [-0.3, -0.25) is 0 Å². The number of nitrogens with zero attached hydrogens (tertiary/aromatic N) is 3. The summed E-state index contributed by atoms with van der Waals surface area (Å²) in [6, 6.07) is 9.73. The van der Waals surface area contributed by atoms with E-state index < -0.39 is 6.10 Å². The van der Waals surface area contributed by atoms with Crippen molar-refractivity contribution in [3.05, 3.63) is 59.8 Å². The van der Waals surface area contributed by atoms with E-state index >= 15 is 0 Å². The quantitative estimate of drug-likeness (QED) is 0.697. The SMILES string of the molecule is C[C@H](O)c1nccn1Cc1cc(-c2ccc(C#C[C@H]3C[C@H](O)C3)cc2)on1. The Morgan fingerprint density at radius 3 is 2.78 bits per heavy atom. The second kappa shape index (κ2) is 7.39. The van der Waals surface area contributed by atoms with Crippen LogP contribution < -0.4 is 0 Å². The number of rotatable bonds is 4. The molecule has 3 aromatic rings. The molecule has 6 nitrogen and oxygen atoms in total. The fourth-order valence-corrected chi connectivity index (χ4v) is 3.13. The van der Waals surface area contributed by atoms with Gasteiger partial charge in [0.2, 0.25) is 0 Å². The number of aromatic nitrogens is 3. The van der Waals surface area contributed by atoms with E-state index in [2.05, 4.69) is 22.0 Å². The van der Waals surface area contributed by atoms with Crippen LogP contribution in [0.4, 0.5) is 0 Å². The molecule has 2 N–H and O–H groups in total. The van der Waals surface area contributed by atoms with Crippen LogP contribution in [0.25, 0.3) is 11.3 Å². The van der Waals surface area contributed by atoms with Crippen LogP contribution in [0.3, 0.4) is 0 Å². The summed E-state index contributed by atoms with van der Waals surface area (Å²) in [6.07, 6.45) is 4.21. The number of aliphatic hydroxyl groups excluding tert-OH is 2. The first kappa shape index (κ1) is 17.5. The summed E-state index contributed by atoms with van der Waals surface area (Å²) in [7, 11) is 0. The highest BCUT2D eigenvalue weighted by molar-refractivity contribution is 5.59. The summed E-state index contributed by atoms with van der Waals surface area (Å²) in [5.74, 6) is 7.94. The van der Waals surface area contributed by atoms with Gasteiger partial charge in [0.15, 0.2) is 5.76 Å². The van der Waals surface area contributed by atoms with Gasteiger partial charge < -0.3 is 19.3 Å². The first-order valence-corrected chi connectivity index (χ1v) is 9.03. The van der Waals surface area contributed by atoms with Crippen LogP contribution in [0.15, 0.2) is 47.2 Å². The van der Waals surface area contributed by atoms with Crippen molar-refractivity contribution in [3.63, 3.8) is 0 Å². The van der Waals surface area contributed by atoms with Gasteiger partial charge in [0.25, 0.3) is 0 Å². The predicted molar refractivity (Wildman–Crippen MR) is 99.5 cm³/mol. The van der Waals surface area contributed by atoms with Gasteiger partial charge in [0, 0.05) is 35.5 Å². The van der Waals surface area contributed by atoms with Crippen molar-refractivity contribution in [1.82, 2.24) is 14.7 Å². The molecular formula is C21H21N3O3. The van der Waals surface area contributed by atoms with Crippen LogP contribution >= 0.6 is 0 Å². The molecule has 6 heteroatoms. The molecule has 138 valence electrons. The third-order valence-electron chi connectivity index (χ3n) is 4.72. The molecule has 1 atom stereocenters. The van der Waals surface area contributed by atoms with Crippen LogP contribution in [-0.4, -0.2) is 31.0 Å². The molecule has 0 radical (unpaired) electrons. The van der Waals surface area contributed by atoms with E-state index in [1.165, 1.54) is 0 Å². The Labute approximate surface area is 157 Å². The molecule has 1 aliphatic carbocycles. The zero-order valence-corrected chi connectivity index (χ0v) is 15.0. The number of hydrogen-bond acceptors (Lipinski definition) is 5. The van der Waals surface area contributed by atoms with Gasteiger partial charge in [0.05, 0.1) is 12.6 Å². The fraction of sp³-hybridized carbons (Fsp3) is 0.333. The minimum Gasteiger partial charge on any atom is -0.393 e. The lowest BCUT2D eigenvalue weighted by Crippen LogP contribution is -2.26. The first-order valence-electron chi connectivity index (χ1n) is 9.03. The zero-order valence-electron chi connectivity index (χ0n) is 15.0. The normalized spacial score (nSPS) is 19.8. The maximum Gasteiger partial charge on any atom is 0.167 e. The molecule has 0 amide bonds. The third-order valence-corrected chi connectivity index (χ3v) is 4.72. The van der Waals surface area contributed by atoms with Crippen molar-refractivity contribution >= 4 is 0 Å². The Bertz CT molecular complexity index is 970. The molecule has 1 aromatic carbocycles. The van der Waals surface area contributed by atoms with Gasteiger partial charge >= 0.3 is 0 Å². The van der Waals surface area contributed by atoms with E-state index in [-0.39, 0.29) is 6.10 Å². The molecule has 1 saturated carbocycles. The topological polar surface area (TPSA) is 84.3 Å². The summed E-state index contributed by atoms with van der Waals surface area (Å²) < 4.78 is 7.32. The summed E-state index contributed by atoms with van der Waals surface area (Å²) in [5.41, 5.74) is 2.64. The maximum absolute atomic E-state index is 9.74. The van der Waals surface area contributed by atoms with Crippen LogP contribution in [0.2, 0.25) is 0 Å². The van der Waals surface area contributed by atoms with Gasteiger partial charge in [-0.1, -0.05) is 17.0 Å². The first-order chi connectivity index (χ1) is 13.1. The van der Waals surface area contributed by atoms with Crippen LogP contribution in [-0.2, 0) is 6.54 Å². The lowest BCUT2D eigenvalue weighted by Gasteiger charge is -2.26. The largest absolute Gasteiger partial charge is 0.393 e. The van der Waals surface area contributed by atoms with E-state index in [9.17, 15) is 10.2 Å². The van der Waals surface area contributed by atoms with Gasteiger partial charge in [-0.05, 0) is 44.0 Å². The molecule has 2 heterocycles. The Hall–Kier alpha value is -2.88. The third kappa shape index (κ3) is 3.95. The predicted octanol–water partition coefficient (Wildman–Crippen LogP) is 2.76. The van der Waals surface area contributed by atoms with Crippen LogP contribution in [0.1, 0.15) is 43.0 Å². The Morgan fingerprint density at radius 1 is 1.30 bits per heavy atom. The van der Waals surface area contributed by atoms with Gasteiger partial charge in [0.1, 0.15) is 17.6 Å². The van der Waals surface area contributed by atoms with E-state index in [1.807, 2.05) is 41.1 Å². The minimum atomic E-state index is -0.636. The van der Waals surface area contributed by atoms with Crippen LogP contribution in [0.5, 0.6) is 0 Å². The molecule has 1 aliphatic rings. The highest BCUT2D eigenvalue weighted by Gasteiger charge is 2.25. The molecule has 0 spiro atoms. The average Bonchev–Trinajstić information content (AvgIpc) is 3.28. The summed E-state index contributed by atoms with van der Waals surface area (Å²) in [6.45, 7) is 2.17. The summed E-state index contributed by atoms with van der Waals surface area (Å²) >= 11 is 0. The Kier molecular flexibility index (Phi) is 4.80. The summed E-state index contributed by atoms with van der Waals surface area (Å²) in [5, 5.41) is 23.2. The Balaban J connectivity index is 1.44. The lowest BCUT2D eigenvalue weighted by atomic mass is 9.83. The van der Waals surface area contributed by atoms with Crippen molar-refractivity contribution < 1.29 is 14.7 Å². The van der Waals surface area contributed by atoms with Gasteiger partial charge in [-0.15, -0.1) is 0 Å². The molecule has 2 aromatic heterocycles. The second-order valence-corrected chi connectivity index (χ2v) is 6.94. The number of benzene rings is 1. The highest BCUT2D eigenvalue weighted by atomic mass is 16.5. The standard InChI is InChI=1S/C21H21N3O3/c1-14(25)21-22-8-9-24(21)13-18-12-20(27-23-18)17-6-4-15(5-7-17)2-3-16-10-19(26)11-16/h4-9,12,14,16,19,25-26H,10-11,13H2,1H3/t14-,16-,19-/m0/s1. The number of aliphatic hydroxyl groups is 2. The highest BCUT2D eigenvalue weighted by Crippen LogP contribution is 2.26. The average molecular weight is 363 g/mol. The molecule has 27 heavy (non-hydrogen) atoms. The summed E-state index contributed by atoms with van der Waals surface area (Å²) in [4.78, 5) is 4.16. The zero-order chi connectivity index (χ0) is 18.8. The van der Waals surface area contributed by atoms with E-state index in [0.717, 1.165) is 29.7 Å². The van der Waals surface area contributed by atoms with E-state index in [1.54, 1.807) is 13.1 Å².